The van der Waals surface area contributed by atoms with Gasteiger partial charge in [-0.15, -0.1) is 0 Å². The maximum Gasteiger partial charge on any atom is 0.323 e. The number of rotatable bonds is 6. The molecule has 0 unspecified atom stereocenters. The van der Waals surface area contributed by atoms with Crippen LogP contribution in [0.5, 0.6) is 5.75 Å². The van der Waals surface area contributed by atoms with Gasteiger partial charge in [-0.1, -0.05) is 41.4 Å². The van der Waals surface area contributed by atoms with E-state index in [2.05, 4.69) is 0 Å². The van der Waals surface area contributed by atoms with Gasteiger partial charge in [-0.05, 0) is 57.0 Å². The number of ether oxygens (including phenoxy) is 2. The van der Waals surface area contributed by atoms with Crippen LogP contribution in [0.15, 0.2) is 42.5 Å². The molecule has 6 heteroatoms. The van der Waals surface area contributed by atoms with E-state index in [4.69, 9.17) is 38.4 Å². The Hall–Kier alpha value is -1.75. The Morgan fingerprint density at radius 3 is 2.19 bits per heavy atom. The van der Waals surface area contributed by atoms with E-state index in [1.54, 1.807) is 18.2 Å². The summed E-state index contributed by atoms with van der Waals surface area (Å²) >= 11 is 12.3. The van der Waals surface area contributed by atoms with Crippen LogP contribution in [0.4, 0.5) is 0 Å². The van der Waals surface area contributed by atoms with Crippen LogP contribution in [0, 0.1) is 0 Å². The zero-order valence-electron chi connectivity index (χ0n) is 15.1. The highest BCUT2D eigenvalue weighted by atomic mass is 35.5. The molecule has 0 bridgehead atoms. The Labute approximate surface area is 164 Å². The number of esters is 1. The van der Waals surface area contributed by atoms with Crippen molar-refractivity contribution in [2.45, 2.75) is 45.4 Å². The molecule has 0 saturated heterocycles. The van der Waals surface area contributed by atoms with Crippen LogP contribution in [-0.4, -0.2) is 17.6 Å². The second kappa shape index (κ2) is 8.76. The molecule has 26 heavy (non-hydrogen) atoms. The Balaban J connectivity index is 1.93. The number of hydrogen-bond donors (Lipinski definition) is 1. The number of hydrogen-bond acceptors (Lipinski definition) is 4. The molecule has 0 spiro atoms. The van der Waals surface area contributed by atoms with E-state index in [9.17, 15) is 4.79 Å². The smallest absolute Gasteiger partial charge is 0.323 e. The molecule has 140 valence electrons. The van der Waals surface area contributed by atoms with Gasteiger partial charge in [-0.3, -0.25) is 4.79 Å². The van der Waals surface area contributed by atoms with Crippen molar-refractivity contribution in [1.29, 1.82) is 0 Å². The lowest BCUT2D eigenvalue weighted by Crippen LogP contribution is -2.38. The SMILES string of the molecule is CC(C)(C)OC(=O)[C@@H](N)Cc1ccc(OCc2c(Cl)cccc2Cl)cc1. The van der Waals surface area contributed by atoms with Gasteiger partial charge in [-0.25, -0.2) is 0 Å². The first kappa shape index (κ1) is 20.6. The summed E-state index contributed by atoms with van der Waals surface area (Å²) in [5, 5.41) is 1.13. The molecule has 0 fully saturated rings. The van der Waals surface area contributed by atoms with Crippen molar-refractivity contribution in [2.75, 3.05) is 0 Å². The summed E-state index contributed by atoms with van der Waals surface area (Å²) in [5.41, 5.74) is 7.04. The summed E-state index contributed by atoms with van der Waals surface area (Å²) in [6, 6.07) is 12.0. The summed E-state index contributed by atoms with van der Waals surface area (Å²) < 4.78 is 11.0. The van der Waals surface area contributed by atoms with E-state index >= 15 is 0 Å². The van der Waals surface area contributed by atoms with Gasteiger partial charge in [0.15, 0.2) is 0 Å². The molecule has 0 saturated carbocycles. The molecule has 0 heterocycles. The van der Waals surface area contributed by atoms with Crippen LogP contribution in [0.25, 0.3) is 0 Å². The summed E-state index contributed by atoms with van der Waals surface area (Å²) in [6.45, 7) is 5.72. The summed E-state index contributed by atoms with van der Waals surface area (Å²) in [6.07, 6.45) is 0.394. The first-order chi connectivity index (χ1) is 12.2. The fourth-order valence-corrected chi connectivity index (χ4v) is 2.77. The molecule has 2 aromatic carbocycles. The largest absolute Gasteiger partial charge is 0.489 e. The lowest BCUT2D eigenvalue weighted by molar-refractivity contribution is -0.156. The van der Waals surface area contributed by atoms with Gasteiger partial charge in [0, 0.05) is 15.6 Å². The van der Waals surface area contributed by atoms with Gasteiger partial charge in [-0.2, -0.15) is 0 Å². The first-order valence-electron chi connectivity index (χ1n) is 8.29. The third kappa shape index (κ3) is 6.20. The van der Waals surface area contributed by atoms with E-state index in [0.717, 1.165) is 11.1 Å². The van der Waals surface area contributed by atoms with Gasteiger partial charge in [0.05, 0.1) is 0 Å². The van der Waals surface area contributed by atoms with Gasteiger partial charge in [0.2, 0.25) is 0 Å². The number of carbonyl (C=O) groups excluding carboxylic acids is 1. The molecule has 0 radical (unpaired) electrons. The third-order valence-corrected chi connectivity index (χ3v) is 4.24. The van der Waals surface area contributed by atoms with Gasteiger partial charge in [0.25, 0.3) is 0 Å². The number of nitrogens with two attached hydrogens (primary N) is 1. The van der Waals surface area contributed by atoms with Gasteiger partial charge < -0.3 is 15.2 Å². The highest BCUT2D eigenvalue weighted by Crippen LogP contribution is 2.26. The molecular weight excluding hydrogens is 373 g/mol. The van der Waals surface area contributed by atoms with E-state index in [1.807, 2.05) is 45.0 Å². The number of benzene rings is 2. The number of halogens is 2. The Kier molecular flexibility index (Phi) is 6.93. The predicted octanol–water partition coefficient (Wildman–Crippen LogP) is 4.78. The highest BCUT2D eigenvalue weighted by molar-refractivity contribution is 6.35. The lowest BCUT2D eigenvalue weighted by Gasteiger charge is -2.22. The Morgan fingerprint density at radius 1 is 1.08 bits per heavy atom. The molecule has 0 aliphatic heterocycles. The zero-order chi connectivity index (χ0) is 19.3. The molecule has 1 atom stereocenters. The molecule has 0 amide bonds. The maximum absolute atomic E-state index is 12.0. The molecular formula is C20H23Cl2NO3. The van der Waals surface area contributed by atoms with Crippen LogP contribution in [0.2, 0.25) is 10.0 Å². The van der Waals surface area contributed by atoms with Crippen molar-refractivity contribution >= 4 is 29.2 Å². The molecule has 2 rings (SSSR count). The quantitative estimate of drug-likeness (QED) is 0.714. The second-order valence-electron chi connectivity index (χ2n) is 6.98. The first-order valence-corrected chi connectivity index (χ1v) is 9.04. The summed E-state index contributed by atoms with van der Waals surface area (Å²) in [7, 11) is 0. The van der Waals surface area contributed by atoms with Crippen molar-refractivity contribution in [3.63, 3.8) is 0 Å². The van der Waals surface area contributed by atoms with Gasteiger partial charge in [0.1, 0.15) is 24.0 Å². The highest BCUT2D eigenvalue weighted by Gasteiger charge is 2.22. The summed E-state index contributed by atoms with van der Waals surface area (Å²) in [4.78, 5) is 12.0. The average Bonchev–Trinajstić information content (AvgIpc) is 2.54. The normalized spacial score (nSPS) is 12.5. The van der Waals surface area contributed by atoms with Crippen LogP contribution < -0.4 is 10.5 Å². The second-order valence-corrected chi connectivity index (χ2v) is 7.79. The third-order valence-electron chi connectivity index (χ3n) is 3.53. The lowest BCUT2D eigenvalue weighted by atomic mass is 10.1. The zero-order valence-corrected chi connectivity index (χ0v) is 16.6. The molecule has 0 aliphatic rings. The van der Waals surface area contributed by atoms with E-state index in [-0.39, 0.29) is 6.61 Å². The topological polar surface area (TPSA) is 61.5 Å². The van der Waals surface area contributed by atoms with Crippen LogP contribution in [-0.2, 0) is 22.6 Å². The summed E-state index contributed by atoms with van der Waals surface area (Å²) in [5.74, 6) is 0.266. The number of carbonyl (C=O) groups is 1. The van der Waals surface area contributed by atoms with Crippen molar-refractivity contribution < 1.29 is 14.3 Å². The van der Waals surface area contributed by atoms with E-state index in [1.165, 1.54) is 0 Å². The standard InChI is InChI=1S/C20H23Cl2NO3/c1-20(2,3)26-19(24)18(23)11-13-7-9-14(10-8-13)25-12-15-16(21)5-4-6-17(15)22/h4-10,18H,11-12,23H2,1-3H3/t18-/m0/s1. The fourth-order valence-electron chi connectivity index (χ4n) is 2.26. The maximum atomic E-state index is 12.0. The van der Waals surface area contributed by atoms with Crippen LogP contribution in [0.1, 0.15) is 31.9 Å². The Morgan fingerprint density at radius 2 is 1.65 bits per heavy atom. The predicted molar refractivity (Wildman–Crippen MR) is 105 cm³/mol. The van der Waals surface area contributed by atoms with Crippen molar-refractivity contribution in [1.82, 2.24) is 0 Å². The van der Waals surface area contributed by atoms with Crippen molar-refractivity contribution in [3.05, 3.63) is 63.6 Å². The molecule has 0 aromatic heterocycles. The minimum absolute atomic E-state index is 0.273. The molecule has 2 aromatic rings. The van der Waals surface area contributed by atoms with Gasteiger partial charge >= 0.3 is 5.97 Å². The van der Waals surface area contributed by atoms with Crippen LogP contribution >= 0.6 is 23.2 Å². The molecule has 0 aliphatic carbocycles. The van der Waals surface area contributed by atoms with E-state index < -0.39 is 17.6 Å². The van der Waals surface area contributed by atoms with Crippen LogP contribution in [0.3, 0.4) is 0 Å². The monoisotopic (exact) mass is 395 g/mol. The molecule has 4 nitrogen and oxygen atoms in total. The minimum Gasteiger partial charge on any atom is -0.489 e. The molecule has 2 N–H and O–H groups in total. The van der Waals surface area contributed by atoms with E-state index in [0.29, 0.717) is 22.2 Å². The average molecular weight is 396 g/mol. The van der Waals surface area contributed by atoms with Crippen molar-refractivity contribution in [3.8, 4) is 5.75 Å². The Bertz CT molecular complexity index is 734. The van der Waals surface area contributed by atoms with Crippen molar-refractivity contribution in [2.24, 2.45) is 5.73 Å². The minimum atomic E-state index is -0.706. The fraction of sp³-hybridized carbons (Fsp3) is 0.350.